The van der Waals surface area contributed by atoms with Gasteiger partial charge in [-0.1, -0.05) is 37.3 Å². The van der Waals surface area contributed by atoms with Crippen LogP contribution in [0.2, 0.25) is 0 Å². The molecule has 0 amide bonds. The number of aliphatic hydroxyl groups is 1. The van der Waals surface area contributed by atoms with E-state index in [1.165, 1.54) is 12.1 Å². The third kappa shape index (κ3) is 4.09. The van der Waals surface area contributed by atoms with Crippen LogP contribution in [0.1, 0.15) is 36.1 Å². The fraction of sp³-hybridized carbons (Fsp3) is 0.294. The van der Waals surface area contributed by atoms with Crippen molar-refractivity contribution in [3.8, 4) is 0 Å². The van der Waals surface area contributed by atoms with Crippen LogP contribution in [0.5, 0.6) is 0 Å². The molecule has 0 aliphatic carbocycles. The minimum absolute atomic E-state index is 0.0199. The zero-order valence-corrected chi connectivity index (χ0v) is 11.9. The summed E-state index contributed by atoms with van der Waals surface area (Å²) in [5.74, 6) is -1.09. The summed E-state index contributed by atoms with van der Waals surface area (Å²) in [7, 11) is 0. The molecule has 0 aromatic heterocycles. The molecule has 0 bridgehead atoms. The van der Waals surface area contributed by atoms with Gasteiger partial charge in [0.05, 0.1) is 6.61 Å². The standard InChI is InChI=1S/C17H19F2NO/c1-2-17(15-8-7-14(18)9-16(15)19)20-10-12-3-5-13(11-21)6-4-12/h3-9,17,20-21H,2,10-11H2,1H3. The van der Waals surface area contributed by atoms with Crippen LogP contribution in [0, 0.1) is 11.6 Å². The fourth-order valence-corrected chi connectivity index (χ4v) is 2.26. The molecule has 4 heteroatoms. The molecule has 2 rings (SSSR count). The van der Waals surface area contributed by atoms with E-state index in [2.05, 4.69) is 5.32 Å². The van der Waals surface area contributed by atoms with Gasteiger partial charge in [0.1, 0.15) is 11.6 Å². The van der Waals surface area contributed by atoms with Gasteiger partial charge >= 0.3 is 0 Å². The maximum Gasteiger partial charge on any atom is 0.130 e. The summed E-state index contributed by atoms with van der Waals surface area (Å²) in [6.45, 7) is 2.56. The molecule has 2 aromatic rings. The van der Waals surface area contributed by atoms with Crippen LogP contribution in [-0.4, -0.2) is 5.11 Å². The maximum absolute atomic E-state index is 13.8. The summed E-state index contributed by atoms with van der Waals surface area (Å²) in [5.41, 5.74) is 2.38. The highest BCUT2D eigenvalue weighted by Gasteiger charge is 2.14. The van der Waals surface area contributed by atoms with Crippen molar-refractivity contribution in [1.29, 1.82) is 0 Å². The Bertz CT molecular complexity index is 584. The molecule has 0 spiro atoms. The van der Waals surface area contributed by atoms with Gasteiger partial charge in [0.15, 0.2) is 0 Å². The molecule has 0 radical (unpaired) electrons. The lowest BCUT2D eigenvalue weighted by atomic mass is 10.0. The first kappa shape index (κ1) is 15.6. The molecule has 0 saturated carbocycles. The van der Waals surface area contributed by atoms with Gasteiger partial charge in [-0.2, -0.15) is 0 Å². The Balaban J connectivity index is 2.04. The second-order valence-corrected chi connectivity index (χ2v) is 4.98. The molecule has 2 N–H and O–H groups in total. The summed E-state index contributed by atoms with van der Waals surface area (Å²) in [4.78, 5) is 0. The predicted molar refractivity (Wildman–Crippen MR) is 78.6 cm³/mol. The topological polar surface area (TPSA) is 32.3 Å². The Morgan fingerprint density at radius 3 is 2.29 bits per heavy atom. The predicted octanol–water partition coefficient (Wildman–Crippen LogP) is 3.70. The fourth-order valence-electron chi connectivity index (χ4n) is 2.26. The highest BCUT2D eigenvalue weighted by atomic mass is 19.1. The SMILES string of the molecule is CCC(NCc1ccc(CO)cc1)c1ccc(F)cc1F. The molecular formula is C17H19F2NO. The van der Waals surface area contributed by atoms with Crippen molar-refractivity contribution in [1.82, 2.24) is 5.32 Å². The van der Waals surface area contributed by atoms with Crippen molar-refractivity contribution in [2.45, 2.75) is 32.5 Å². The largest absolute Gasteiger partial charge is 0.392 e. The number of hydrogen-bond acceptors (Lipinski definition) is 2. The molecular weight excluding hydrogens is 272 g/mol. The summed E-state index contributed by atoms with van der Waals surface area (Å²) in [6, 6.07) is 11.1. The molecule has 0 heterocycles. The highest BCUT2D eigenvalue weighted by Crippen LogP contribution is 2.21. The van der Waals surface area contributed by atoms with Crippen LogP contribution in [-0.2, 0) is 13.2 Å². The van der Waals surface area contributed by atoms with Gasteiger partial charge in [-0.15, -0.1) is 0 Å². The minimum atomic E-state index is -0.564. The van der Waals surface area contributed by atoms with Crippen molar-refractivity contribution in [2.24, 2.45) is 0 Å². The van der Waals surface area contributed by atoms with Crippen molar-refractivity contribution >= 4 is 0 Å². The van der Waals surface area contributed by atoms with Gasteiger partial charge in [-0.25, -0.2) is 8.78 Å². The molecule has 21 heavy (non-hydrogen) atoms. The van der Waals surface area contributed by atoms with E-state index in [4.69, 9.17) is 5.11 Å². The first-order valence-electron chi connectivity index (χ1n) is 7.01. The Kier molecular flexibility index (Phi) is 5.42. The summed E-state index contributed by atoms with van der Waals surface area (Å²) in [6.07, 6.45) is 0.706. The minimum Gasteiger partial charge on any atom is -0.392 e. The first-order chi connectivity index (χ1) is 10.1. The average Bonchev–Trinajstić information content (AvgIpc) is 2.50. The lowest BCUT2D eigenvalue weighted by molar-refractivity contribution is 0.282. The summed E-state index contributed by atoms with van der Waals surface area (Å²) in [5, 5.41) is 12.3. The van der Waals surface area contributed by atoms with Crippen molar-refractivity contribution in [2.75, 3.05) is 0 Å². The van der Waals surface area contributed by atoms with Crippen LogP contribution in [0.3, 0.4) is 0 Å². The lowest BCUT2D eigenvalue weighted by Gasteiger charge is -2.18. The van der Waals surface area contributed by atoms with Crippen LogP contribution < -0.4 is 5.32 Å². The van der Waals surface area contributed by atoms with Gasteiger partial charge in [-0.05, 0) is 23.6 Å². The molecule has 0 fully saturated rings. The first-order valence-corrected chi connectivity index (χ1v) is 7.01. The van der Waals surface area contributed by atoms with E-state index in [1.807, 2.05) is 31.2 Å². The van der Waals surface area contributed by atoms with Crippen LogP contribution in [0.4, 0.5) is 8.78 Å². The van der Waals surface area contributed by atoms with Crippen LogP contribution >= 0.6 is 0 Å². The Labute approximate surface area is 123 Å². The van der Waals surface area contributed by atoms with Gasteiger partial charge in [0, 0.05) is 24.2 Å². The quantitative estimate of drug-likeness (QED) is 0.850. The molecule has 112 valence electrons. The number of halogens is 2. The number of rotatable bonds is 6. The average molecular weight is 291 g/mol. The van der Waals surface area contributed by atoms with E-state index < -0.39 is 11.6 Å². The van der Waals surface area contributed by atoms with Crippen molar-refractivity contribution < 1.29 is 13.9 Å². The van der Waals surface area contributed by atoms with E-state index in [9.17, 15) is 8.78 Å². The normalized spacial score (nSPS) is 12.4. The van der Waals surface area contributed by atoms with Crippen LogP contribution in [0.25, 0.3) is 0 Å². The van der Waals surface area contributed by atoms with Gasteiger partial charge in [0.25, 0.3) is 0 Å². The summed E-state index contributed by atoms with van der Waals surface area (Å²) < 4.78 is 26.8. The van der Waals surface area contributed by atoms with E-state index in [-0.39, 0.29) is 12.6 Å². The Morgan fingerprint density at radius 2 is 1.71 bits per heavy atom. The van der Waals surface area contributed by atoms with Gasteiger partial charge < -0.3 is 10.4 Å². The van der Waals surface area contributed by atoms with E-state index in [0.717, 1.165) is 17.2 Å². The number of hydrogen-bond donors (Lipinski definition) is 2. The molecule has 1 unspecified atom stereocenters. The van der Waals surface area contributed by atoms with Crippen molar-refractivity contribution in [3.05, 3.63) is 70.8 Å². The zero-order chi connectivity index (χ0) is 15.2. The maximum atomic E-state index is 13.8. The lowest BCUT2D eigenvalue weighted by Crippen LogP contribution is -2.21. The molecule has 0 aliphatic heterocycles. The van der Waals surface area contributed by atoms with Crippen LogP contribution in [0.15, 0.2) is 42.5 Å². The number of aliphatic hydroxyl groups excluding tert-OH is 1. The molecule has 2 aromatic carbocycles. The number of benzene rings is 2. The Morgan fingerprint density at radius 1 is 1.05 bits per heavy atom. The highest BCUT2D eigenvalue weighted by molar-refractivity contribution is 5.24. The third-order valence-electron chi connectivity index (χ3n) is 3.50. The molecule has 0 saturated heterocycles. The monoisotopic (exact) mass is 291 g/mol. The van der Waals surface area contributed by atoms with Gasteiger partial charge in [0.2, 0.25) is 0 Å². The molecule has 0 aliphatic rings. The second-order valence-electron chi connectivity index (χ2n) is 4.98. The van der Waals surface area contributed by atoms with Crippen molar-refractivity contribution in [3.63, 3.8) is 0 Å². The summed E-state index contributed by atoms with van der Waals surface area (Å²) >= 11 is 0. The zero-order valence-electron chi connectivity index (χ0n) is 11.9. The Hall–Kier alpha value is -1.78. The van der Waals surface area contributed by atoms with E-state index in [0.29, 0.717) is 18.5 Å². The van der Waals surface area contributed by atoms with E-state index in [1.54, 1.807) is 0 Å². The van der Waals surface area contributed by atoms with E-state index >= 15 is 0 Å². The smallest absolute Gasteiger partial charge is 0.130 e. The number of nitrogens with one attached hydrogen (secondary N) is 1. The molecule has 2 nitrogen and oxygen atoms in total. The molecule has 1 atom stereocenters. The van der Waals surface area contributed by atoms with Gasteiger partial charge in [-0.3, -0.25) is 0 Å². The third-order valence-corrected chi connectivity index (χ3v) is 3.50. The second kappa shape index (κ2) is 7.29.